The number of hydrogen-bond donors (Lipinski definition) is 2. The fourth-order valence-electron chi connectivity index (χ4n) is 1.58. The van der Waals surface area contributed by atoms with Crippen molar-refractivity contribution in [2.45, 2.75) is 39.0 Å². The largest absolute Gasteiger partial charge is 0.481 e. The molecule has 1 amide bonds. The second-order valence-corrected chi connectivity index (χ2v) is 4.57. The van der Waals surface area contributed by atoms with E-state index >= 15 is 0 Å². The van der Waals surface area contributed by atoms with E-state index in [-0.39, 0.29) is 18.7 Å². The van der Waals surface area contributed by atoms with Gasteiger partial charge < -0.3 is 10.4 Å². The monoisotopic (exact) mass is 249 g/mol. The number of carbonyl (C=O) groups excluding carboxylic acids is 1. The minimum absolute atomic E-state index is 0.0275. The first-order valence-electron chi connectivity index (χ1n) is 6.10. The minimum Gasteiger partial charge on any atom is -0.481 e. The van der Waals surface area contributed by atoms with Crippen LogP contribution in [-0.4, -0.2) is 17.0 Å². The van der Waals surface area contributed by atoms with Crippen molar-refractivity contribution in [3.05, 3.63) is 29.8 Å². The van der Waals surface area contributed by atoms with Crippen molar-refractivity contribution in [3.63, 3.8) is 0 Å². The van der Waals surface area contributed by atoms with Crippen LogP contribution >= 0.6 is 0 Å². The summed E-state index contributed by atoms with van der Waals surface area (Å²) in [5.74, 6) is -0.553. The summed E-state index contributed by atoms with van der Waals surface area (Å²) in [6.07, 6.45) is 0.628. The van der Waals surface area contributed by atoms with Crippen molar-refractivity contribution < 1.29 is 14.7 Å². The molecule has 4 heteroatoms. The van der Waals surface area contributed by atoms with Gasteiger partial charge in [-0.2, -0.15) is 0 Å². The average molecular weight is 249 g/mol. The minimum atomic E-state index is -0.871. The third kappa shape index (κ3) is 4.99. The zero-order valence-corrected chi connectivity index (χ0v) is 10.8. The van der Waals surface area contributed by atoms with Gasteiger partial charge in [-0.25, -0.2) is 0 Å². The van der Waals surface area contributed by atoms with E-state index in [4.69, 9.17) is 5.11 Å². The van der Waals surface area contributed by atoms with E-state index in [1.54, 1.807) is 0 Å². The first-order chi connectivity index (χ1) is 8.49. The zero-order valence-electron chi connectivity index (χ0n) is 10.8. The van der Waals surface area contributed by atoms with Crippen molar-refractivity contribution in [1.29, 1.82) is 0 Å². The summed E-state index contributed by atoms with van der Waals surface area (Å²) in [5, 5.41) is 11.2. The van der Waals surface area contributed by atoms with Crippen LogP contribution in [0, 0.1) is 0 Å². The molecule has 4 nitrogen and oxygen atoms in total. The van der Waals surface area contributed by atoms with E-state index in [1.807, 2.05) is 24.3 Å². The summed E-state index contributed by atoms with van der Waals surface area (Å²) in [4.78, 5) is 21.8. The Kier molecular flexibility index (Phi) is 5.36. The molecule has 0 fully saturated rings. The number of carbonyl (C=O) groups is 2. The molecule has 0 unspecified atom stereocenters. The predicted octanol–water partition coefficient (Wildman–Crippen LogP) is 3.00. The van der Waals surface area contributed by atoms with E-state index < -0.39 is 5.97 Å². The number of aliphatic carboxylic acids is 1. The lowest BCUT2D eigenvalue weighted by atomic mass is 10.0. The molecule has 1 rings (SSSR count). The maximum atomic E-state index is 11.5. The summed E-state index contributed by atoms with van der Waals surface area (Å²) in [5.41, 5.74) is 1.97. The lowest BCUT2D eigenvalue weighted by Gasteiger charge is -2.08. The van der Waals surface area contributed by atoms with Crippen molar-refractivity contribution in [1.82, 2.24) is 0 Å². The van der Waals surface area contributed by atoms with Crippen molar-refractivity contribution in [2.24, 2.45) is 0 Å². The lowest BCUT2D eigenvalue weighted by Crippen LogP contribution is -2.11. The molecule has 0 aromatic heterocycles. The summed E-state index contributed by atoms with van der Waals surface area (Å²) in [6.45, 7) is 4.22. The van der Waals surface area contributed by atoms with Gasteiger partial charge >= 0.3 is 5.97 Å². The summed E-state index contributed by atoms with van der Waals surface area (Å²) < 4.78 is 0. The van der Waals surface area contributed by atoms with E-state index in [1.165, 1.54) is 5.56 Å². The van der Waals surface area contributed by atoms with Gasteiger partial charge in [0.25, 0.3) is 0 Å². The summed E-state index contributed by atoms with van der Waals surface area (Å²) in [7, 11) is 0. The Morgan fingerprint density at radius 1 is 1.17 bits per heavy atom. The van der Waals surface area contributed by atoms with Crippen LogP contribution in [0.5, 0.6) is 0 Å². The van der Waals surface area contributed by atoms with E-state index in [0.29, 0.717) is 12.3 Å². The molecule has 0 heterocycles. The molecule has 0 atom stereocenters. The number of nitrogens with one attached hydrogen (secondary N) is 1. The molecule has 0 aliphatic carbocycles. The number of rotatable bonds is 6. The number of carboxylic acid groups (broad SMARTS) is 1. The molecule has 0 saturated heterocycles. The maximum absolute atomic E-state index is 11.5. The van der Waals surface area contributed by atoms with Crippen molar-refractivity contribution in [2.75, 3.05) is 5.32 Å². The Morgan fingerprint density at radius 3 is 2.28 bits per heavy atom. The third-order valence-corrected chi connectivity index (χ3v) is 2.66. The lowest BCUT2D eigenvalue weighted by molar-refractivity contribution is -0.137. The molecule has 98 valence electrons. The fraction of sp³-hybridized carbons (Fsp3) is 0.429. The smallest absolute Gasteiger partial charge is 0.303 e. The fourth-order valence-corrected chi connectivity index (χ4v) is 1.58. The van der Waals surface area contributed by atoms with Gasteiger partial charge in [-0.3, -0.25) is 9.59 Å². The topological polar surface area (TPSA) is 66.4 Å². The van der Waals surface area contributed by atoms with Crippen LogP contribution in [0.3, 0.4) is 0 Å². The van der Waals surface area contributed by atoms with Crippen LogP contribution in [0.1, 0.15) is 44.6 Å². The van der Waals surface area contributed by atoms with Gasteiger partial charge in [0.2, 0.25) is 5.91 Å². The van der Waals surface area contributed by atoms with E-state index in [2.05, 4.69) is 19.2 Å². The number of amides is 1. The van der Waals surface area contributed by atoms with Crippen LogP contribution in [0.2, 0.25) is 0 Å². The SMILES string of the molecule is CC(C)c1ccc(NC(=O)CCCC(=O)O)cc1. The molecule has 0 aliphatic heterocycles. The summed E-state index contributed by atoms with van der Waals surface area (Å²) >= 11 is 0. The van der Waals surface area contributed by atoms with Crippen LogP contribution in [0.15, 0.2) is 24.3 Å². The third-order valence-electron chi connectivity index (χ3n) is 2.66. The van der Waals surface area contributed by atoms with E-state index in [0.717, 1.165) is 5.69 Å². The Bertz CT molecular complexity index is 410. The standard InChI is InChI=1S/C14H19NO3/c1-10(2)11-6-8-12(9-7-11)15-13(16)4-3-5-14(17)18/h6-10H,3-5H2,1-2H3,(H,15,16)(H,17,18). The van der Waals surface area contributed by atoms with Gasteiger partial charge in [0.15, 0.2) is 0 Å². The molecule has 0 bridgehead atoms. The van der Waals surface area contributed by atoms with Crippen LogP contribution in [0.25, 0.3) is 0 Å². The van der Waals surface area contributed by atoms with Crippen LogP contribution < -0.4 is 5.32 Å². The highest BCUT2D eigenvalue weighted by atomic mass is 16.4. The molecular weight excluding hydrogens is 230 g/mol. The Labute approximate surface area is 107 Å². The average Bonchev–Trinajstić information content (AvgIpc) is 2.29. The Hall–Kier alpha value is -1.84. The van der Waals surface area contributed by atoms with Gasteiger partial charge in [-0.1, -0.05) is 26.0 Å². The van der Waals surface area contributed by atoms with Gasteiger partial charge in [0, 0.05) is 18.5 Å². The zero-order chi connectivity index (χ0) is 13.5. The summed E-state index contributed by atoms with van der Waals surface area (Å²) in [6, 6.07) is 7.70. The van der Waals surface area contributed by atoms with Crippen LogP contribution in [-0.2, 0) is 9.59 Å². The Morgan fingerprint density at radius 2 is 1.78 bits per heavy atom. The number of carboxylic acids is 1. The van der Waals surface area contributed by atoms with E-state index in [9.17, 15) is 9.59 Å². The molecule has 0 aliphatic rings. The normalized spacial score (nSPS) is 10.4. The molecule has 1 aromatic rings. The Balaban J connectivity index is 2.42. The molecule has 18 heavy (non-hydrogen) atoms. The first-order valence-corrected chi connectivity index (χ1v) is 6.10. The van der Waals surface area contributed by atoms with Crippen LogP contribution in [0.4, 0.5) is 5.69 Å². The van der Waals surface area contributed by atoms with Gasteiger partial charge in [-0.15, -0.1) is 0 Å². The molecule has 2 N–H and O–H groups in total. The highest BCUT2D eigenvalue weighted by Gasteiger charge is 2.05. The van der Waals surface area contributed by atoms with Crippen molar-refractivity contribution >= 4 is 17.6 Å². The van der Waals surface area contributed by atoms with Crippen molar-refractivity contribution in [3.8, 4) is 0 Å². The molecule has 0 radical (unpaired) electrons. The number of hydrogen-bond acceptors (Lipinski definition) is 2. The number of benzene rings is 1. The quantitative estimate of drug-likeness (QED) is 0.814. The molecule has 0 saturated carbocycles. The second-order valence-electron chi connectivity index (χ2n) is 4.57. The predicted molar refractivity (Wildman–Crippen MR) is 70.6 cm³/mol. The first kappa shape index (κ1) is 14.2. The molecular formula is C14H19NO3. The number of anilines is 1. The van der Waals surface area contributed by atoms with Gasteiger partial charge in [-0.05, 0) is 30.0 Å². The highest BCUT2D eigenvalue weighted by molar-refractivity contribution is 5.90. The molecule has 1 aromatic carbocycles. The van der Waals surface area contributed by atoms with Gasteiger partial charge in [0.1, 0.15) is 0 Å². The van der Waals surface area contributed by atoms with Gasteiger partial charge in [0.05, 0.1) is 0 Å². The maximum Gasteiger partial charge on any atom is 0.303 e. The molecule has 0 spiro atoms. The highest BCUT2D eigenvalue weighted by Crippen LogP contribution is 2.17. The second kappa shape index (κ2) is 6.79.